The summed E-state index contributed by atoms with van der Waals surface area (Å²) < 4.78 is 10.7. The minimum atomic E-state index is 0. The summed E-state index contributed by atoms with van der Waals surface area (Å²) in [7, 11) is 0. The van der Waals surface area contributed by atoms with Crippen molar-refractivity contribution in [3.63, 3.8) is 0 Å². The van der Waals surface area contributed by atoms with Crippen LogP contribution < -0.4 is 4.74 Å². The predicted octanol–water partition coefficient (Wildman–Crippen LogP) is 10.5. The number of fused-ring (bicyclic) bond motifs is 3. The molecule has 3 aromatic heterocycles. The first-order valence-corrected chi connectivity index (χ1v) is 16.5. The van der Waals surface area contributed by atoms with Crippen LogP contribution in [0.4, 0.5) is 0 Å². The first-order chi connectivity index (χ1) is 23.6. The Hall–Kier alpha value is -5.25. The molecule has 0 aliphatic heterocycles. The molecule has 0 atom stereocenters. The fraction of sp³-hybridized carbons (Fsp3) is 0.116. The van der Waals surface area contributed by atoms with E-state index in [9.17, 15) is 0 Å². The summed E-state index contributed by atoms with van der Waals surface area (Å²) in [5, 5.41) is 7.27. The van der Waals surface area contributed by atoms with E-state index >= 15 is 0 Å². The second-order valence-electron chi connectivity index (χ2n) is 12.0. The molecule has 0 spiro atoms. The fourth-order valence-electron chi connectivity index (χ4n) is 6.63. The largest absolute Gasteiger partial charge is 2.00 e. The minimum absolute atomic E-state index is 0. The second-order valence-corrected chi connectivity index (χ2v) is 12.0. The van der Waals surface area contributed by atoms with Crippen molar-refractivity contribution in [2.24, 2.45) is 0 Å². The number of hydrogen-bond acceptors (Lipinski definition) is 3. The number of benzene rings is 5. The van der Waals surface area contributed by atoms with E-state index in [1.165, 1.54) is 16.7 Å². The molecule has 0 amide bonds. The van der Waals surface area contributed by atoms with Crippen LogP contribution >= 0.6 is 0 Å². The van der Waals surface area contributed by atoms with E-state index in [0.717, 1.165) is 68.7 Å². The van der Waals surface area contributed by atoms with Gasteiger partial charge in [0, 0.05) is 34.5 Å². The van der Waals surface area contributed by atoms with E-state index in [-0.39, 0.29) is 21.1 Å². The summed E-state index contributed by atoms with van der Waals surface area (Å²) in [6, 6.07) is 48.9. The number of hydrogen-bond donors (Lipinski definition) is 0. The average Bonchev–Trinajstić information content (AvgIpc) is 3.67. The molecular formula is C43H34N4OPt. The van der Waals surface area contributed by atoms with Crippen LogP contribution in [-0.2, 0) is 33.9 Å². The fourth-order valence-corrected chi connectivity index (χ4v) is 6.63. The Labute approximate surface area is 301 Å². The molecule has 5 nitrogen and oxygen atoms in total. The summed E-state index contributed by atoms with van der Waals surface area (Å²) in [6.07, 6.45) is 3.53. The Kier molecular flexibility index (Phi) is 9.03. The van der Waals surface area contributed by atoms with Gasteiger partial charge in [-0.15, -0.1) is 35.7 Å². The summed E-state index contributed by atoms with van der Waals surface area (Å²) in [4.78, 5) is 4.76. The van der Waals surface area contributed by atoms with Crippen molar-refractivity contribution in [2.45, 2.75) is 33.6 Å². The van der Waals surface area contributed by atoms with Gasteiger partial charge in [0.15, 0.2) is 0 Å². The third kappa shape index (κ3) is 6.00. The van der Waals surface area contributed by atoms with Gasteiger partial charge in [0.25, 0.3) is 0 Å². The first kappa shape index (κ1) is 32.3. The van der Waals surface area contributed by atoms with Gasteiger partial charge in [0.2, 0.25) is 0 Å². The predicted molar refractivity (Wildman–Crippen MR) is 194 cm³/mol. The van der Waals surface area contributed by atoms with Crippen molar-refractivity contribution in [1.29, 1.82) is 0 Å². The Morgan fingerprint density at radius 3 is 2.16 bits per heavy atom. The molecule has 0 saturated heterocycles. The van der Waals surface area contributed by atoms with Crippen LogP contribution in [-0.4, -0.2) is 19.3 Å². The van der Waals surface area contributed by atoms with E-state index in [0.29, 0.717) is 11.5 Å². The van der Waals surface area contributed by atoms with Gasteiger partial charge in [-0.25, -0.2) is 4.98 Å². The van der Waals surface area contributed by atoms with E-state index < -0.39 is 0 Å². The first-order valence-electron chi connectivity index (χ1n) is 16.5. The molecular weight excluding hydrogens is 784 g/mol. The Morgan fingerprint density at radius 2 is 1.43 bits per heavy atom. The van der Waals surface area contributed by atoms with Crippen molar-refractivity contribution in [3.8, 4) is 45.3 Å². The zero-order chi connectivity index (χ0) is 32.6. The third-order valence-electron chi connectivity index (χ3n) is 8.87. The van der Waals surface area contributed by atoms with Crippen molar-refractivity contribution in [1.82, 2.24) is 19.3 Å². The van der Waals surface area contributed by atoms with E-state index in [1.807, 2.05) is 53.3 Å². The number of aromatic nitrogens is 4. The molecule has 0 aliphatic rings. The Morgan fingerprint density at radius 1 is 0.673 bits per heavy atom. The van der Waals surface area contributed by atoms with Crippen LogP contribution in [0, 0.1) is 19.1 Å². The third-order valence-corrected chi connectivity index (χ3v) is 8.87. The molecule has 6 heteroatoms. The molecule has 0 unspecified atom stereocenters. The van der Waals surface area contributed by atoms with Gasteiger partial charge in [0.05, 0.1) is 5.69 Å². The number of ether oxygens (including phenoxy) is 1. The Bertz CT molecular complexity index is 2410. The van der Waals surface area contributed by atoms with E-state index in [4.69, 9.17) is 14.8 Å². The maximum absolute atomic E-state index is 6.49. The SMILES string of the molecule is CCc1nn(-c2[c-]c(Oc3[c-]c4c(cc3)c3cc(-c5ccccc5)ccc3n4-c3cc(C)ccn3)ccc2)c(CC)c1-c1ccccc1.[Pt+2]. The number of aryl methyl sites for hydroxylation is 2. The molecule has 0 N–H and O–H groups in total. The summed E-state index contributed by atoms with van der Waals surface area (Å²) in [5.41, 5.74) is 10.9. The van der Waals surface area contributed by atoms with Crippen LogP contribution in [0.2, 0.25) is 0 Å². The monoisotopic (exact) mass is 817 g/mol. The molecule has 3 heterocycles. The van der Waals surface area contributed by atoms with Crippen molar-refractivity contribution in [3.05, 3.63) is 157 Å². The van der Waals surface area contributed by atoms with Crippen molar-refractivity contribution < 1.29 is 25.8 Å². The number of nitrogens with zero attached hydrogens (tertiary/aromatic N) is 4. The smallest absolute Gasteiger partial charge is 0.509 e. The van der Waals surface area contributed by atoms with Crippen LogP contribution in [0.15, 0.2) is 128 Å². The molecule has 0 bridgehead atoms. The van der Waals surface area contributed by atoms with Crippen LogP contribution in [0.25, 0.3) is 55.6 Å². The summed E-state index contributed by atoms with van der Waals surface area (Å²) >= 11 is 0. The molecule has 49 heavy (non-hydrogen) atoms. The zero-order valence-corrected chi connectivity index (χ0v) is 29.8. The molecule has 0 saturated carbocycles. The van der Waals surface area contributed by atoms with Crippen LogP contribution in [0.1, 0.15) is 30.8 Å². The topological polar surface area (TPSA) is 44.9 Å². The van der Waals surface area contributed by atoms with Gasteiger partial charge in [0.1, 0.15) is 5.82 Å². The molecule has 0 radical (unpaired) electrons. The molecule has 8 rings (SSSR count). The standard InChI is InChI=1S/C43H34N4O.Pt/c1-4-38-43(31-15-10-7-11-16-31)39(5-2)47(45-38)33-17-12-18-34(27-33)48-35-20-21-36-37-26-32(30-13-8-6-9-14-30)19-22-40(37)46(41(36)28-35)42-25-29(3)23-24-44-42;/h6-26H,4-5H2,1-3H3;/q-2;+2. The summed E-state index contributed by atoms with van der Waals surface area (Å²) in [5.74, 6) is 2.05. The van der Waals surface area contributed by atoms with Gasteiger partial charge in [-0.2, -0.15) is 17.2 Å². The van der Waals surface area contributed by atoms with Gasteiger partial charge < -0.3 is 9.30 Å². The van der Waals surface area contributed by atoms with Crippen LogP contribution in [0.3, 0.4) is 0 Å². The normalized spacial score (nSPS) is 11.2. The maximum Gasteiger partial charge on any atom is 2.00 e. The van der Waals surface area contributed by atoms with Gasteiger partial charge in [-0.1, -0.05) is 92.2 Å². The minimum Gasteiger partial charge on any atom is -0.509 e. The number of pyridine rings is 1. The van der Waals surface area contributed by atoms with Gasteiger partial charge in [-0.3, -0.25) is 4.68 Å². The number of rotatable bonds is 8. The molecule has 8 aromatic rings. The second kappa shape index (κ2) is 13.7. The zero-order valence-electron chi connectivity index (χ0n) is 27.6. The van der Waals surface area contributed by atoms with Crippen molar-refractivity contribution >= 4 is 21.8 Å². The maximum atomic E-state index is 6.49. The summed E-state index contributed by atoms with van der Waals surface area (Å²) in [6.45, 7) is 6.42. The quantitative estimate of drug-likeness (QED) is 0.144. The van der Waals surface area contributed by atoms with Gasteiger partial charge >= 0.3 is 21.1 Å². The van der Waals surface area contributed by atoms with Gasteiger partial charge in [-0.05, 0) is 71.3 Å². The molecule has 242 valence electrons. The molecule has 0 fully saturated rings. The average molecular weight is 818 g/mol. The molecule has 5 aromatic carbocycles. The van der Waals surface area contributed by atoms with Crippen molar-refractivity contribution in [2.75, 3.05) is 0 Å². The molecule has 0 aliphatic carbocycles. The Balaban J connectivity index is 0.00000378. The van der Waals surface area contributed by atoms with Crippen LogP contribution in [0.5, 0.6) is 11.5 Å². The van der Waals surface area contributed by atoms with E-state index in [1.54, 1.807) is 0 Å². The van der Waals surface area contributed by atoms with E-state index in [2.05, 4.69) is 116 Å².